The van der Waals surface area contributed by atoms with Crippen LogP contribution in [-0.4, -0.2) is 54.3 Å². The number of piperidine rings is 1. The van der Waals surface area contributed by atoms with Crippen LogP contribution in [0.1, 0.15) is 23.2 Å². The predicted octanol–water partition coefficient (Wildman–Crippen LogP) is 2.79. The van der Waals surface area contributed by atoms with E-state index in [-0.39, 0.29) is 24.1 Å². The average molecular weight is 418 g/mol. The van der Waals surface area contributed by atoms with E-state index < -0.39 is 12.1 Å². The minimum atomic E-state index is -1.00. The van der Waals surface area contributed by atoms with Gasteiger partial charge >= 0.3 is 12.1 Å². The first-order valence-corrected chi connectivity index (χ1v) is 9.82. The molecule has 1 aliphatic heterocycles. The molecule has 29 heavy (non-hydrogen) atoms. The zero-order valence-corrected chi connectivity index (χ0v) is 16.6. The molecular weight excluding hydrogens is 396 g/mol. The number of rotatable bonds is 5. The molecule has 9 nitrogen and oxygen atoms in total. The van der Waals surface area contributed by atoms with Crippen molar-refractivity contribution in [3.05, 3.63) is 35.9 Å². The zero-order chi connectivity index (χ0) is 21.0. The predicted molar refractivity (Wildman–Crippen MR) is 110 cm³/mol. The van der Waals surface area contributed by atoms with E-state index in [1.54, 1.807) is 25.3 Å². The quantitative estimate of drug-likeness (QED) is 0.592. The molecule has 0 aliphatic carbocycles. The Kier molecular flexibility index (Phi) is 6.23. The summed E-state index contributed by atoms with van der Waals surface area (Å²) in [5.41, 5.74) is 6.39. The normalized spacial score (nSPS) is 16.2. The molecule has 0 saturated carbocycles. The molecule has 1 atom stereocenters. The van der Waals surface area contributed by atoms with Crippen LogP contribution >= 0.6 is 11.3 Å². The number of carboxylic acid groups (broad SMARTS) is 1. The fourth-order valence-electron chi connectivity index (χ4n) is 3.19. The number of benzene rings is 1. The van der Waals surface area contributed by atoms with E-state index in [4.69, 9.17) is 15.6 Å². The van der Waals surface area contributed by atoms with Crippen LogP contribution in [0.2, 0.25) is 0 Å². The SMILES string of the molecule is COc1ccc(-c2cc(C(=O)N[C@H]3CCCN(C(=O)O)C3)c(NC(N)=O)s2)cc1. The number of amides is 4. The topological polar surface area (TPSA) is 134 Å². The Bertz CT molecular complexity index is 912. The van der Waals surface area contributed by atoms with Gasteiger partial charge in [-0.05, 0) is 48.7 Å². The van der Waals surface area contributed by atoms with E-state index in [9.17, 15) is 14.4 Å². The number of methoxy groups -OCH3 is 1. The molecule has 5 N–H and O–H groups in total. The highest BCUT2D eigenvalue weighted by molar-refractivity contribution is 7.20. The monoisotopic (exact) mass is 418 g/mol. The molecule has 0 unspecified atom stereocenters. The molecule has 1 aliphatic rings. The highest BCUT2D eigenvalue weighted by atomic mass is 32.1. The van der Waals surface area contributed by atoms with Crippen molar-refractivity contribution in [2.45, 2.75) is 18.9 Å². The third-order valence-corrected chi connectivity index (χ3v) is 5.71. The summed E-state index contributed by atoms with van der Waals surface area (Å²) in [5.74, 6) is 0.320. The van der Waals surface area contributed by atoms with Crippen molar-refractivity contribution >= 4 is 34.4 Å². The van der Waals surface area contributed by atoms with Crippen molar-refractivity contribution in [1.29, 1.82) is 0 Å². The number of thiophene rings is 1. The Morgan fingerprint density at radius 3 is 2.62 bits per heavy atom. The van der Waals surface area contributed by atoms with Gasteiger partial charge in [0.25, 0.3) is 5.91 Å². The Balaban J connectivity index is 1.82. The van der Waals surface area contributed by atoms with Gasteiger partial charge in [0, 0.05) is 24.0 Å². The molecule has 0 radical (unpaired) electrons. The van der Waals surface area contributed by atoms with Crippen LogP contribution in [0.4, 0.5) is 14.6 Å². The molecular formula is C19H22N4O5S. The smallest absolute Gasteiger partial charge is 0.407 e. The fraction of sp³-hybridized carbons (Fsp3) is 0.316. The van der Waals surface area contributed by atoms with E-state index in [1.807, 2.05) is 12.1 Å². The Hall–Kier alpha value is -3.27. The van der Waals surface area contributed by atoms with E-state index >= 15 is 0 Å². The number of carbonyl (C=O) groups excluding carboxylic acids is 2. The number of nitrogens with one attached hydrogen (secondary N) is 2. The van der Waals surface area contributed by atoms with Gasteiger partial charge in [-0.1, -0.05) is 0 Å². The fourth-order valence-corrected chi connectivity index (χ4v) is 4.26. The molecule has 2 heterocycles. The second kappa shape index (κ2) is 8.82. The van der Waals surface area contributed by atoms with E-state index in [0.717, 1.165) is 10.4 Å². The number of urea groups is 1. The van der Waals surface area contributed by atoms with Gasteiger partial charge in [-0.15, -0.1) is 11.3 Å². The third kappa shape index (κ3) is 4.96. The number of primary amides is 1. The van der Waals surface area contributed by atoms with Gasteiger partial charge in [0.2, 0.25) is 0 Å². The number of hydrogen-bond donors (Lipinski definition) is 4. The lowest BCUT2D eigenvalue weighted by molar-refractivity contribution is 0.0889. The summed E-state index contributed by atoms with van der Waals surface area (Å²) < 4.78 is 5.15. The van der Waals surface area contributed by atoms with Crippen molar-refractivity contribution in [1.82, 2.24) is 10.2 Å². The maximum atomic E-state index is 12.9. The van der Waals surface area contributed by atoms with Crippen LogP contribution in [0.25, 0.3) is 10.4 Å². The number of anilines is 1. The molecule has 1 fully saturated rings. The summed E-state index contributed by atoms with van der Waals surface area (Å²) in [6, 6.07) is 7.94. The van der Waals surface area contributed by atoms with Crippen LogP contribution in [0.15, 0.2) is 30.3 Å². The van der Waals surface area contributed by atoms with Gasteiger partial charge in [0.15, 0.2) is 0 Å². The molecule has 4 amide bonds. The largest absolute Gasteiger partial charge is 0.497 e. The standard InChI is InChI=1S/C19H22N4O5S/c1-28-13-6-4-11(5-7-13)15-9-14(17(29-15)22-18(20)25)16(24)21-12-3-2-8-23(10-12)19(26)27/h4-7,9,12H,2-3,8,10H2,1H3,(H,21,24)(H,26,27)(H3,20,22,25)/t12-/m0/s1. The summed E-state index contributed by atoms with van der Waals surface area (Å²) in [7, 11) is 1.58. The number of nitrogens with two attached hydrogens (primary N) is 1. The van der Waals surface area contributed by atoms with Gasteiger partial charge in [0.1, 0.15) is 10.8 Å². The van der Waals surface area contributed by atoms with E-state index in [0.29, 0.717) is 30.1 Å². The van der Waals surface area contributed by atoms with Crippen LogP contribution < -0.4 is 21.1 Å². The number of hydrogen-bond acceptors (Lipinski definition) is 5. The summed E-state index contributed by atoms with van der Waals surface area (Å²) in [5, 5.41) is 14.9. The van der Waals surface area contributed by atoms with Crippen molar-refractivity contribution < 1.29 is 24.2 Å². The van der Waals surface area contributed by atoms with Gasteiger partial charge in [-0.2, -0.15) is 0 Å². The van der Waals surface area contributed by atoms with E-state index in [2.05, 4.69) is 10.6 Å². The first-order valence-electron chi connectivity index (χ1n) is 9.01. The minimum Gasteiger partial charge on any atom is -0.497 e. The molecule has 1 aromatic carbocycles. The number of ether oxygens (including phenoxy) is 1. The number of carbonyl (C=O) groups is 3. The lowest BCUT2D eigenvalue weighted by atomic mass is 10.1. The van der Waals surface area contributed by atoms with Gasteiger partial charge in [-0.25, -0.2) is 9.59 Å². The van der Waals surface area contributed by atoms with Crippen LogP contribution in [0.5, 0.6) is 5.75 Å². The second-order valence-electron chi connectivity index (χ2n) is 6.61. The lowest BCUT2D eigenvalue weighted by Crippen LogP contribution is -2.49. The highest BCUT2D eigenvalue weighted by Gasteiger charge is 2.26. The first kappa shape index (κ1) is 20.5. The van der Waals surface area contributed by atoms with Crippen LogP contribution in [-0.2, 0) is 0 Å². The van der Waals surface area contributed by atoms with E-state index in [1.165, 1.54) is 16.2 Å². The summed E-state index contributed by atoms with van der Waals surface area (Å²) >= 11 is 1.23. The Morgan fingerprint density at radius 2 is 2.00 bits per heavy atom. The van der Waals surface area contributed by atoms with Crippen LogP contribution in [0, 0.1) is 0 Å². The number of likely N-dealkylation sites (tertiary alicyclic amines) is 1. The third-order valence-electron chi connectivity index (χ3n) is 4.62. The molecule has 1 saturated heterocycles. The molecule has 154 valence electrons. The van der Waals surface area contributed by atoms with Crippen molar-refractivity contribution in [2.75, 3.05) is 25.5 Å². The zero-order valence-electron chi connectivity index (χ0n) is 15.8. The number of nitrogens with zero attached hydrogens (tertiary/aromatic N) is 1. The minimum absolute atomic E-state index is 0.231. The highest BCUT2D eigenvalue weighted by Crippen LogP contribution is 2.36. The second-order valence-corrected chi connectivity index (χ2v) is 7.66. The van der Waals surface area contributed by atoms with Crippen LogP contribution in [0.3, 0.4) is 0 Å². The first-order chi connectivity index (χ1) is 13.9. The van der Waals surface area contributed by atoms with Crippen molar-refractivity contribution in [3.8, 4) is 16.2 Å². The van der Waals surface area contributed by atoms with Crippen molar-refractivity contribution in [3.63, 3.8) is 0 Å². The van der Waals surface area contributed by atoms with Gasteiger partial charge in [-0.3, -0.25) is 10.1 Å². The molecule has 3 rings (SSSR count). The summed E-state index contributed by atoms with van der Waals surface area (Å²) in [4.78, 5) is 37.5. The average Bonchev–Trinajstić information content (AvgIpc) is 3.11. The maximum absolute atomic E-state index is 12.9. The maximum Gasteiger partial charge on any atom is 0.407 e. The molecule has 0 bridgehead atoms. The Morgan fingerprint density at radius 1 is 1.28 bits per heavy atom. The molecule has 1 aromatic heterocycles. The summed E-state index contributed by atoms with van der Waals surface area (Å²) in [6.07, 6.45) is 0.353. The Labute approximate surface area is 171 Å². The molecule has 2 aromatic rings. The lowest BCUT2D eigenvalue weighted by Gasteiger charge is -2.31. The molecule has 10 heteroatoms. The van der Waals surface area contributed by atoms with Gasteiger partial charge in [0.05, 0.1) is 12.7 Å². The molecule has 0 spiro atoms. The van der Waals surface area contributed by atoms with Crippen molar-refractivity contribution in [2.24, 2.45) is 5.73 Å². The summed E-state index contributed by atoms with van der Waals surface area (Å²) in [6.45, 7) is 0.686. The van der Waals surface area contributed by atoms with Gasteiger partial charge < -0.3 is 25.8 Å².